The molecule has 16 heavy (non-hydrogen) atoms. The molecule has 0 aromatic heterocycles. The van der Waals surface area contributed by atoms with Crippen LogP contribution in [0.4, 0.5) is 10.1 Å². The van der Waals surface area contributed by atoms with Crippen LogP contribution in [0, 0.1) is 5.82 Å². The molecule has 1 unspecified atom stereocenters. The van der Waals surface area contributed by atoms with E-state index in [1.807, 2.05) is 0 Å². The molecule has 1 aromatic carbocycles. The van der Waals surface area contributed by atoms with Crippen LogP contribution in [0.5, 0.6) is 0 Å². The maximum Gasteiger partial charge on any atom is 0.330 e. The second-order valence-electron chi connectivity index (χ2n) is 3.79. The van der Waals surface area contributed by atoms with Crippen molar-refractivity contribution >= 4 is 23.4 Å². The van der Waals surface area contributed by atoms with Gasteiger partial charge in [-0.25, -0.2) is 9.18 Å². The summed E-state index contributed by atoms with van der Waals surface area (Å²) in [6.45, 7) is 0. The minimum absolute atomic E-state index is 0.257. The van der Waals surface area contributed by atoms with E-state index in [9.17, 15) is 14.3 Å². The van der Waals surface area contributed by atoms with Crippen LogP contribution in [0.15, 0.2) is 24.3 Å². The van der Waals surface area contributed by atoms with Crippen molar-refractivity contribution in [1.29, 1.82) is 0 Å². The van der Waals surface area contributed by atoms with Crippen molar-refractivity contribution in [2.45, 2.75) is 12.0 Å². The predicted octanol–water partition coefficient (Wildman–Crippen LogP) is 2.20. The molecule has 3 nitrogen and oxygen atoms in total. The SMILES string of the molecule is O=C(O)C1(Nc2ccccc2F)CCSC1. The molecule has 1 saturated heterocycles. The number of hydrogen-bond donors (Lipinski definition) is 2. The monoisotopic (exact) mass is 241 g/mol. The van der Waals surface area contributed by atoms with Gasteiger partial charge < -0.3 is 10.4 Å². The van der Waals surface area contributed by atoms with Crippen LogP contribution in [0.25, 0.3) is 0 Å². The number of hydrogen-bond acceptors (Lipinski definition) is 3. The fourth-order valence-corrected chi connectivity index (χ4v) is 3.03. The molecular formula is C11H12FNO2S. The lowest BCUT2D eigenvalue weighted by atomic mass is 9.98. The van der Waals surface area contributed by atoms with Crippen molar-refractivity contribution in [3.63, 3.8) is 0 Å². The van der Waals surface area contributed by atoms with Crippen molar-refractivity contribution in [3.8, 4) is 0 Å². The van der Waals surface area contributed by atoms with Crippen molar-refractivity contribution in [1.82, 2.24) is 0 Å². The summed E-state index contributed by atoms with van der Waals surface area (Å²) in [4.78, 5) is 11.2. The highest BCUT2D eigenvalue weighted by molar-refractivity contribution is 7.99. The van der Waals surface area contributed by atoms with Gasteiger partial charge in [-0.1, -0.05) is 12.1 Å². The van der Waals surface area contributed by atoms with Gasteiger partial charge in [0.05, 0.1) is 5.69 Å². The summed E-state index contributed by atoms with van der Waals surface area (Å²) in [5.74, 6) is -0.0782. The number of para-hydroxylation sites is 1. The predicted molar refractivity (Wildman–Crippen MR) is 62.3 cm³/mol. The Hall–Kier alpha value is -1.23. The van der Waals surface area contributed by atoms with Gasteiger partial charge in [-0.15, -0.1) is 0 Å². The zero-order valence-corrected chi connectivity index (χ0v) is 9.39. The molecule has 2 rings (SSSR count). The lowest BCUT2D eigenvalue weighted by molar-refractivity contribution is -0.141. The van der Waals surface area contributed by atoms with Crippen molar-refractivity contribution < 1.29 is 14.3 Å². The van der Waals surface area contributed by atoms with E-state index in [0.717, 1.165) is 5.75 Å². The summed E-state index contributed by atoms with van der Waals surface area (Å²) in [5.41, 5.74) is -0.764. The minimum atomic E-state index is -1.02. The molecule has 0 bridgehead atoms. The molecule has 1 atom stereocenters. The van der Waals surface area contributed by atoms with E-state index < -0.39 is 17.3 Å². The molecule has 0 saturated carbocycles. The number of carbonyl (C=O) groups is 1. The maximum atomic E-state index is 13.4. The van der Waals surface area contributed by atoms with Gasteiger partial charge in [0.2, 0.25) is 0 Å². The lowest BCUT2D eigenvalue weighted by Crippen LogP contribution is -2.46. The number of carboxylic acid groups (broad SMARTS) is 1. The first-order chi connectivity index (χ1) is 7.64. The average molecular weight is 241 g/mol. The Bertz CT molecular complexity index is 405. The quantitative estimate of drug-likeness (QED) is 0.851. The molecule has 0 aliphatic carbocycles. The second-order valence-corrected chi connectivity index (χ2v) is 4.90. The lowest BCUT2D eigenvalue weighted by Gasteiger charge is -2.26. The Morgan fingerprint density at radius 1 is 1.50 bits per heavy atom. The maximum absolute atomic E-state index is 13.4. The molecule has 2 N–H and O–H groups in total. The summed E-state index contributed by atoms with van der Waals surface area (Å²) in [6.07, 6.45) is 0.515. The van der Waals surface area contributed by atoms with Gasteiger partial charge in [0, 0.05) is 5.75 Å². The molecule has 1 aliphatic heterocycles. The number of thioether (sulfide) groups is 1. The summed E-state index contributed by atoms with van der Waals surface area (Å²) in [6, 6.07) is 6.14. The zero-order valence-electron chi connectivity index (χ0n) is 8.57. The summed E-state index contributed by atoms with van der Waals surface area (Å²) in [7, 11) is 0. The third kappa shape index (κ3) is 2.00. The molecule has 0 spiro atoms. The topological polar surface area (TPSA) is 49.3 Å². The van der Waals surface area contributed by atoms with Crippen molar-refractivity contribution in [2.75, 3.05) is 16.8 Å². The van der Waals surface area contributed by atoms with Crippen LogP contribution in [-0.4, -0.2) is 28.1 Å². The number of aliphatic carboxylic acids is 1. The smallest absolute Gasteiger partial charge is 0.330 e. The molecule has 86 valence electrons. The molecule has 1 fully saturated rings. The number of carboxylic acids is 1. The van der Waals surface area contributed by atoms with Gasteiger partial charge in [-0.3, -0.25) is 0 Å². The standard InChI is InChI=1S/C11H12FNO2S/c12-8-3-1-2-4-9(8)13-11(10(14)15)5-6-16-7-11/h1-4,13H,5-7H2,(H,14,15). The minimum Gasteiger partial charge on any atom is -0.479 e. The molecule has 1 aliphatic rings. The van der Waals surface area contributed by atoms with E-state index in [2.05, 4.69) is 5.32 Å². The van der Waals surface area contributed by atoms with Crippen LogP contribution in [0.3, 0.4) is 0 Å². The third-order valence-corrected chi connectivity index (χ3v) is 3.87. The van der Waals surface area contributed by atoms with Gasteiger partial charge in [0.15, 0.2) is 0 Å². The second kappa shape index (κ2) is 4.33. The Morgan fingerprint density at radius 3 is 2.81 bits per heavy atom. The normalized spacial score (nSPS) is 24.3. The fourth-order valence-electron chi connectivity index (χ4n) is 1.71. The number of nitrogens with one attached hydrogen (secondary N) is 1. The molecule has 0 amide bonds. The Labute approximate surface area is 97.0 Å². The van der Waals surface area contributed by atoms with E-state index in [1.54, 1.807) is 30.0 Å². The van der Waals surface area contributed by atoms with Crippen LogP contribution in [0.1, 0.15) is 6.42 Å². The Kier molecular flexibility index (Phi) is 3.05. The number of rotatable bonds is 3. The summed E-state index contributed by atoms with van der Waals surface area (Å²) < 4.78 is 13.4. The first-order valence-corrected chi connectivity index (χ1v) is 6.13. The summed E-state index contributed by atoms with van der Waals surface area (Å²) in [5, 5.41) is 12.0. The highest BCUT2D eigenvalue weighted by atomic mass is 32.2. The number of benzene rings is 1. The van der Waals surface area contributed by atoms with Crippen LogP contribution in [-0.2, 0) is 4.79 Å². The molecular weight excluding hydrogens is 229 g/mol. The number of halogens is 1. The molecule has 1 heterocycles. The average Bonchev–Trinajstić information content (AvgIpc) is 2.71. The highest BCUT2D eigenvalue weighted by Crippen LogP contribution is 2.32. The Balaban J connectivity index is 2.25. The van der Waals surface area contributed by atoms with E-state index in [-0.39, 0.29) is 5.69 Å². The third-order valence-electron chi connectivity index (χ3n) is 2.68. The largest absolute Gasteiger partial charge is 0.479 e. The number of anilines is 1. The van der Waals surface area contributed by atoms with Gasteiger partial charge in [-0.05, 0) is 24.3 Å². The van der Waals surface area contributed by atoms with Gasteiger partial charge >= 0.3 is 5.97 Å². The first kappa shape index (κ1) is 11.3. The first-order valence-electron chi connectivity index (χ1n) is 4.98. The van der Waals surface area contributed by atoms with Crippen LogP contribution < -0.4 is 5.32 Å². The fraction of sp³-hybridized carbons (Fsp3) is 0.364. The van der Waals surface area contributed by atoms with E-state index >= 15 is 0 Å². The summed E-state index contributed by atoms with van der Waals surface area (Å²) >= 11 is 1.57. The Morgan fingerprint density at radius 2 is 2.25 bits per heavy atom. The molecule has 0 radical (unpaired) electrons. The zero-order chi connectivity index (χ0) is 11.6. The van der Waals surface area contributed by atoms with Gasteiger partial charge in [0.25, 0.3) is 0 Å². The highest BCUT2D eigenvalue weighted by Gasteiger charge is 2.42. The van der Waals surface area contributed by atoms with Crippen LogP contribution in [0.2, 0.25) is 0 Å². The van der Waals surface area contributed by atoms with E-state index in [4.69, 9.17) is 0 Å². The van der Waals surface area contributed by atoms with Crippen LogP contribution >= 0.6 is 11.8 Å². The van der Waals surface area contributed by atoms with E-state index in [1.165, 1.54) is 6.07 Å². The van der Waals surface area contributed by atoms with E-state index in [0.29, 0.717) is 12.2 Å². The molecule has 5 heteroatoms. The van der Waals surface area contributed by atoms with Crippen molar-refractivity contribution in [2.24, 2.45) is 0 Å². The van der Waals surface area contributed by atoms with Gasteiger partial charge in [-0.2, -0.15) is 11.8 Å². The van der Waals surface area contributed by atoms with Gasteiger partial charge in [0.1, 0.15) is 11.4 Å². The molecule has 1 aromatic rings. The van der Waals surface area contributed by atoms with Crippen molar-refractivity contribution in [3.05, 3.63) is 30.1 Å².